The third-order valence-corrected chi connectivity index (χ3v) is 7.21. The zero-order chi connectivity index (χ0) is 20.4. The van der Waals surface area contributed by atoms with E-state index in [0.717, 1.165) is 62.7 Å². The molecule has 0 radical (unpaired) electrons. The van der Waals surface area contributed by atoms with Crippen LogP contribution in [0.25, 0.3) is 0 Å². The molecule has 1 saturated heterocycles. The topological polar surface area (TPSA) is 72.9 Å². The summed E-state index contributed by atoms with van der Waals surface area (Å²) in [6.45, 7) is 1.40. The number of piperidine rings is 1. The minimum atomic E-state index is -0.765. The quantitative estimate of drug-likeness (QED) is 0.571. The predicted octanol–water partition coefficient (Wildman–Crippen LogP) is 4.04. The van der Waals surface area contributed by atoms with Crippen LogP contribution in [0.3, 0.4) is 0 Å². The maximum absolute atomic E-state index is 12.8. The number of aliphatic carboxylic acids is 1. The zero-order valence-electron chi connectivity index (χ0n) is 16.8. The van der Waals surface area contributed by atoms with Gasteiger partial charge in [-0.15, -0.1) is 0 Å². The lowest BCUT2D eigenvalue weighted by Crippen LogP contribution is -2.60. The molecule has 1 aliphatic carbocycles. The average molecular weight is 420 g/mol. The van der Waals surface area contributed by atoms with Gasteiger partial charge in [0.2, 0.25) is 0 Å². The number of nitrogens with zero attached hydrogens (tertiary/aromatic N) is 2. The molecule has 0 spiro atoms. The summed E-state index contributed by atoms with van der Waals surface area (Å²) < 4.78 is 0. The number of carboxylic acids is 1. The van der Waals surface area contributed by atoms with Gasteiger partial charge in [-0.25, -0.2) is 0 Å². The number of benzene rings is 1. The number of hydrogen-bond donors (Lipinski definition) is 2. The Morgan fingerprint density at radius 2 is 1.69 bits per heavy atom. The summed E-state index contributed by atoms with van der Waals surface area (Å²) in [5, 5.41) is 13.2. The lowest BCUT2D eigenvalue weighted by atomic mass is 9.81. The Bertz CT molecular complexity index is 755. The van der Waals surface area contributed by atoms with Gasteiger partial charge in [0.25, 0.3) is 5.91 Å². The summed E-state index contributed by atoms with van der Waals surface area (Å²) in [5.74, 6) is -0.801. The van der Waals surface area contributed by atoms with Gasteiger partial charge in [-0.05, 0) is 37.8 Å². The van der Waals surface area contributed by atoms with Crippen molar-refractivity contribution in [1.82, 2.24) is 4.90 Å². The fourth-order valence-electron chi connectivity index (χ4n) is 5.33. The molecule has 0 bridgehead atoms. The number of carboxylic acid groups (broad SMARTS) is 1. The van der Waals surface area contributed by atoms with Gasteiger partial charge in [-0.1, -0.05) is 55.8 Å². The van der Waals surface area contributed by atoms with E-state index >= 15 is 0 Å². The second-order valence-electron chi connectivity index (χ2n) is 8.56. The number of para-hydroxylation sites is 2. The molecule has 1 aromatic rings. The Kier molecular flexibility index (Phi) is 6.02. The second-order valence-corrected chi connectivity index (χ2v) is 8.99. The van der Waals surface area contributed by atoms with E-state index in [9.17, 15) is 14.7 Å². The third kappa shape index (κ3) is 3.84. The summed E-state index contributed by atoms with van der Waals surface area (Å²) >= 11 is 6.27. The Balaban J connectivity index is 1.51. The van der Waals surface area contributed by atoms with Crippen LogP contribution < -0.4 is 10.2 Å². The number of nitrogens with one attached hydrogen (secondary N) is 1. The molecule has 1 unspecified atom stereocenters. The molecule has 2 fully saturated rings. The monoisotopic (exact) mass is 419 g/mol. The normalized spacial score (nSPS) is 26.2. The predicted molar refractivity (Wildman–Crippen MR) is 114 cm³/mol. The Morgan fingerprint density at radius 1 is 1.07 bits per heavy atom. The third-order valence-electron chi connectivity index (χ3n) is 6.91. The molecular formula is C22H30ClN3O3. The minimum Gasteiger partial charge on any atom is -0.480 e. The smallest absolute Gasteiger partial charge is 0.324 e. The molecule has 0 aromatic heterocycles. The second kappa shape index (κ2) is 8.52. The van der Waals surface area contributed by atoms with Crippen molar-refractivity contribution >= 4 is 34.9 Å². The van der Waals surface area contributed by atoms with E-state index in [2.05, 4.69) is 10.2 Å². The van der Waals surface area contributed by atoms with E-state index in [4.69, 9.17) is 11.6 Å². The van der Waals surface area contributed by atoms with Crippen LogP contribution in [0, 0.1) is 0 Å². The number of hydrogen-bond acceptors (Lipinski definition) is 4. The summed E-state index contributed by atoms with van der Waals surface area (Å²) in [7, 11) is 0. The summed E-state index contributed by atoms with van der Waals surface area (Å²) in [5.41, 5.74) is 0.230. The molecule has 1 saturated carbocycles. The van der Waals surface area contributed by atoms with E-state index in [-0.39, 0.29) is 11.9 Å². The SMILES string of the molecule is O=C1C(Cl)Nc2ccccc2N1C1CCN(C2(C(=O)O)CCCCCCC2)CC1. The molecule has 2 N–H and O–H groups in total. The summed E-state index contributed by atoms with van der Waals surface area (Å²) in [4.78, 5) is 29.2. The number of rotatable bonds is 3. The van der Waals surface area contributed by atoms with Gasteiger partial charge in [0.15, 0.2) is 5.50 Å². The minimum absolute atomic E-state index is 0.0441. The van der Waals surface area contributed by atoms with Crippen molar-refractivity contribution in [3.63, 3.8) is 0 Å². The first-order valence-electron chi connectivity index (χ1n) is 10.8. The van der Waals surface area contributed by atoms with Gasteiger partial charge in [0.1, 0.15) is 5.54 Å². The van der Waals surface area contributed by atoms with Gasteiger partial charge < -0.3 is 15.3 Å². The lowest BCUT2D eigenvalue weighted by molar-refractivity contribution is -0.154. The number of fused-ring (bicyclic) bond motifs is 1. The molecule has 2 heterocycles. The number of alkyl halides is 1. The molecular weight excluding hydrogens is 390 g/mol. The van der Waals surface area contributed by atoms with Gasteiger partial charge in [0.05, 0.1) is 11.4 Å². The van der Waals surface area contributed by atoms with E-state index < -0.39 is 17.0 Å². The van der Waals surface area contributed by atoms with Crippen molar-refractivity contribution in [2.45, 2.75) is 74.9 Å². The van der Waals surface area contributed by atoms with Gasteiger partial charge >= 0.3 is 5.97 Å². The largest absolute Gasteiger partial charge is 0.480 e. The van der Waals surface area contributed by atoms with Gasteiger partial charge in [-0.2, -0.15) is 0 Å². The molecule has 1 amide bonds. The van der Waals surface area contributed by atoms with Crippen molar-refractivity contribution in [3.05, 3.63) is 24.3 Å². The first-order chi connectivity index (χ1) is 14.0. The number of likely N-dealkylation sites (tertiary alicyclic amines) is 1. The van der Waals surface area contributed by atoms with Crippen molar-refractivity contribution in [2.75, 3.05) is 23.3 Å². The highest BCUT2D eigenvalue weighted by molar-refractivity contribution is 6.35. The first kappa shape index (κ1) is 20.5. The van der Waals surface area contributed by atoms with Crippen LogP contribution in [0.2, 0.25) is 0 Å². The maximum atomic E-state index is 12.8. The standard InChI is InChI=1S/C22H30ClN3O3/c23-19-20(27)26(18-9-5-4-8-17(18)24-19)16-10-14-25(15-11-16)22(21(28)29)12-6-2-1-3-7-13-22/h4-5,8-9,16,19,24H,1-3,6-7,10-15H2,(H,28,29). The van der Waals surface area contributed by atoms with Crippen LogP contribution in [-0.4, -0.2) is 52.1 Å². The van der Waals surface area contributed by atoms with E-state index in [1.807, 2.05) is 29.2 Å². The van der Waals surface area contributed by atoms with Gasteiger partial charge in [0, 0.05) is 19.1 Å². The highest BCUT2D eigenvalue weighted by Gasteiger charge is 2.46. The van der Waals surface area contributed by atoms with Crippen LogP contribution in [0.5, 0.6) is 0 Å². The fraction of sp³-hybridized carbons (Fsp3) is 0.636. The van der Waals surface area contributed by atoms with Crippen molar-refractivity contribution in [2.24, 2.45) is 0 Å². The highest BCUT2D eigenvalue weighted by Crippen LogP contribution is 2.38. The number of carbonyl (C=O) groups excluding carboxylic acids is 1. The molecule has 29 heavy (non-hydrogen) atoms. The number of anilines is 2. The molecule has 7 heteroatoms. The highest BCUT2D eigenvalue weighted by atomic mass is 35.5. The first-order valence-corrected chi connectivity index (χ1v) is 11.3. The molecule has 1 atom stereocenters. The maximum Gasteiger partial charge on any atom is 0.324 e. The lowest BCUT2D eigenvalue weighted by Gasteiger charge is -2.48. The Hall–Kier alpha value is -1.79. The molecule has 6 nitrogen and oxygen atoms in total. The Morgan fingerprint density at radius 3 is 2.34 bits per heavy atom. The summed E-state index contributed by atoms with van der Waals surface area (Å²) in [6.07, 6.45) is 8.38. The molecule has 2 aliphatic heterocycles. The van der Waals surface area contributed by atoms with Crippen LogP contribution in [-0.2, 0) is 9.59 Å². The van der Waals surface area contributed by atoms with Crippen LogP contribution >= 0.6 is 11.6 Å². The molecule has 3 aliphatic rings. The van der Waals surface area contributed by atoms with E-state index in [1.165, 1.54) is 6.42 Å². The van der Waals surface area contributed by atoms with Crippen LogP contribution in [0.4, 0.5) is 11.4 Å². The van der Waals surface area contributed by atoms with Crippen molar-refractivity contribution in [1.29, 1.82) is 0 Å². The fourth-order valence-corrected chi connectivity index (χ4v) is 5.55. The van der Waals surface area contributed by atoms with E-state index in [1.54, 1.807) is 0 Å². The van der Waals surface area contributed by atoms with Gasteiger partial charge in [-0.3, -0.25) is 14.5 Å². The van der Waals surface area contributed by atoms with Crippen LogP contribution in [0.15, 0.2) is 24.3 Å². The molecule has 158 valence electrons. The van der Waals surface area contributed by atoms with Crippen molar-refractivity contribution < 1.29 is 14.7 Å². The molecule has 1 aromatic carbocycles. The zero-order valence-corrected chi connectivity index (χ0v) is 17.5. The van der Waals surface area contributed by atoms with Crippen LogP contribution in [0.1, 0.15) is 57.8 Å². The van der Waals surface area contributed by atoms with E-state index in [0.29, 0.717) is 13.1 Å². The number of carbonyl (C=O) groups is 2. The Labute approximate surface area is 177 Å². The molecule has 4 rings (SSSR count). The number of halogens is 1. The summed E-state index contributed by atoms with van der Waals surface area (Å²) in [6, 6.07) is 7.79. The van der Waals surface area contributed by atoms with Crippen molar-refractivity contribution in [3.8, 4) is 0 Å². The average Bonchev–Trinajstić information content (AvgIpc) is 2.69. The number of amides is 1.